The fourth-order valence-electron chi connectivity index (χ4n) is 2.07. The van der Waals surface area contributed by atoms with E-state index in [4.69, 9.17) is 11.6 Å². The number of nitrogens with zero attached hydrogens (tertiary/aromatic N) is 1. The molecular formula is C14H16ClF2NO3. The Morgan fingerprint density at radius 3 is 2.76 bits per heavy atom. The minimum absolute atomic E-state index is 0.0479. The summed E-state index contributed by atoms with van der Waals surface area (Å²) in [5, 5.41) is 10.1. The van der Waals surface area contributed by atoms with Gasteiger partial charge in [-0.3, -0.25) is 4.79 Å². The second kappa shape index (κ2) is 6.58. The number of carbonyl (C=O) groups excluding carboxylic acids is 1. The van der Waals surface area contributed by atoms with Crippen LogP contribution in [0.5, 0.6) is 5.75 Å². The lowest BCUT2D eigenvalue weighted by atomic mass is 10.1. The zero-order chi connectivity index (χ0) is 15.6. The first-order chi connectivity index (χ1) is 9.88. The number of likely N-dealkylation sites (N-methyl/N-ethyl adjacent to an activating group) is 1. The summed E-state index contributed by atoms with van der Waals surface area (Å²) in [6.45, 7) is -2.88. The second-order valence-electron chi connectivity index (χ2n) is 5.11. The van der Waals surface area contributed by atoms with Crippen LogP contribution < -0.4 is 4.74 Å². The molecule has 1 N–H and O–H groups in total. The SMILES string of the molecule is CN(CC(O)C1CC1)C(=O)c1cc(Cl)ccc1OC(F)F. The van der Waals surface area contributed by atoms with E-state index in [9.17, 15) is 18.7 Å². The van der Waals surface area contributed by atoms with Crippen LogP contribution in [0.2, 0.25) is 5.02 Å². The first kappa shape index (κ1) is 16.0. The molecule has 1 aromatic rings. The quantitative estimate of drug-likeness (QED) is 0.877. The van der Waals surface area contributed by atoms with Crippen molar-refractivity contribution in [1.29, 1.82) is 0 Å². The molecule has 0 saturated heterocycles. The maximum Gasteiger partial charge on any atom is 0.387 e. The molecule has 0 heterocycles. The molecule has 0 radical (unpaired) electrons. The van der Waals surface area contributed by atoms with Crippen LogP contribution in [0.3, 0.4) is 0 Å². The summed E-state index contributed by atoms with van der Waals surface area (Å²) >= 11 is 5.81. The van der Waals surface area contributed by atoms with Crippen LogP contribution in [0.25, 0.3) is 0 Å². The van der Waals surface area contributed by atoms with Crippen LogP contribution in [-0.4, -0.2) is 42.2 Å². The first-order valence-electron chi connectivity index (χ1n) is 6.56. The summed E-state index contributed by atoms with van der Waals surface area (Å²) in [7, 11) is 1.50. The molecule has 1 amide bonds. The van der Waals surface area contributed by atoms with Crippen LogP contribution >= 0.6 is 11.6 Å². The molecule has 1 aromatic carbocycles. The minimum Gasteiger partial charge on any atom is -0.434 e. The number of aliphatic hydroxyl groups is 1. The molecule has 1 aliphatic carbocycles. The van der Waals surface area contributed by atoms with Crippen molar-refractivity contribution in [3.8, 4) is 5.75 Å². The molecule has 0 aliphatic heterocycles. The number of rotatable bonds is 6. The first-order valence-corrected chi connectivity index (χ1v) is 6.94. The molecule has 1 unspecified atom stereocenters. The normalized spacial score (nSPS) is 15.9. The van der Waals surface area contributed by atoms with Gasteiger partial charge in [0.15, 0.2) is 0 Å². The Hall–Kier alpha value is -1.40. The lowest BCUT2D eigenvalue weighted by Crippen LogP contribution is -2.35. The number of carbonyl (C=O) groups is 1. The predicted octanol–water partition coefficient (Wildman–Crippen LogP) is 2.78. The second-order valence-corrected chi connectivity index (χ2v) is 5.55. The van der Waals surface area contributed by atoms with Gasteiger partial charge in [-0.05, 0) is 37.0 Å². The summed E-state index contributed by atoms with van der Waals surface area (Å²) in [5.74, 6) is -0.531. The maximum atomic E-state index is 12.4. The van der Waals surface area contributed by atoms with Crippen molar-refractivity contribution >= 4 is 17.5 Å². The summed E-state index contributed by atoms with van der Waals surface area (Å²) in [5.41, 5.74) is -0.0479. The molecular weight excluding hydrogens is 304 g/mol. The van der Waals surface area contributed by atoms with E-state index in [1.165, 1.54) is 30.1 Å². The lowest BCUT2D eigenvalue weighted by molar-refractivity contribution is -0.0503. The lowest BCUT2D eigenvalue weighted by Gasteiger charge is -2.22. The third-order valence-corrected chi connectivity index (χ3v) is 3.60. The van der Waals surface area contributed by atoms with Gasteiger partial charge in [-0.15, -0.1) is 0 Å². The molecule has 0 bridgehead atoms. The van der Waals surface area contributed by atoms with E-state index in [0.717, 1.165) is 12.8 Å². The van der Waals surface area contributed by atoms with Crippen LogP contribution in [-0.2, 0) is 0 Å². The van der Waals surface area contributed by atoms with Gasteiger partial charge in [-0.25, -0.2) is 0 Å². The third-order valence-electron chi connectivity index (χ3n) is 3.36. The Morgan fingerprint density at radius 1 is 1.52 bits per heavy atom. The van der Waals surface area contributed by atoms with Crippen molar-refractivity contribution in [2.45, 2.75) is 25.6 Å². The van der Waals surface area contributed by atoms with Crippen molar-refractivity contribution < 1.29 is 23.4 Å². The average molecular weight is 320 g/mol. The number of amides is 1. The smallest absolute Gasteiger partial charge is 0.387 e. The van der Waals surface area contributed by atoms with Gasteiger partial charge in [-0.2, -0.15) is 8.78 Å². The van der Waals surface area contributed by atoms with E-state index in [1.807, 2.05) is 0 Å². The number of hydrogen-bond donors (Lipinski definition) is 1. The molecule has 7 heteroatoms. The Bertz CT molecular complexity index is 523. The number of halogens is 3. The topological polar surface area (TPSA) is 49.8 Å². The van der Waals surface area contributed by atoms with Gasteiger partial charge in [0.2, 0.25) is 0 Å². The largest absolute Gasteiger partial charge is 0.434 e. The Balaban J connectivity index is 2.14. The van der Waals surface area contributed by atoms with Gasteiger partial charge in [0, 0.05) is 18.6 Å². The molecule has 2 rings (SSSR count). The zero-order valence-corrected chi connectivity index (χ0v) is 12.2. The van der Waals surface area contributed by atoms with Crippen LogP contribution in [0.1, 0.15) is 23.2 Å². The Kier molecular flexibility index (Phi) is 5.00. The van der Waals surface area contributed by atoms with Gasteiger partial charge in [0.05, 0.1) is 11.7 Å². The van der Waals surface area contributed by atoms with Crippen molar-refractivity contribution in [3.63, 3.8) is 0 Å². The molecule has 1 atom stereocenters. The van der Waals surface area contributed by atoms with Crippen molar-refractivity contribution in [2.24, 2.45) is 5.92 Å². The fraction of sp³-hybridized carbons (Fsp3) is 0.500. The number of ether oxygens (including phenoxy) is 1. The number of hydrogen-bond acceptors (Lipinski definition) is 3. The fourth-order valence-corrected chi connectivity index (χ4v) is 2.24. The third kappa shape index (κ3) is 4.28. The highest BCUT2D eigenvalue weighted by Gasteiger charge is 2.31. The monoisotopic (exact) mass is 319 g/mol. The van der Waals surface area contributed by atoms with Crippen LogP contribution in [0.4, 0.5) is 8.78 Å². The number of alkyl halides is 2. The summed E-state index contributed by atoms with van der Waals surface area (Å²) < 4.78 is 29.1. The van der Waals surface area contributed by atoms with Crippen molar-refractivity contribution in [2.75, 3.05) is 13.6 Å². The van der Waals surface area contributed by atoms with E-state index in [0.29, 0.717) is 0 Å². The average Bonchev–Trinajstić information content (AvgIpc) is 3.23. The maximum absolute atomic E-state index is 12.4. The van der Waals surface area contributed by atoms with Gasteiger partial charge in [0.1, 0.15) is 5.75 Å². The van der Waals surface area contributed by atoms with E-state index in [2.05, 4.69) is 4.74 Å². The van der Waals surface area contributed by atoms with E-state index in [-0.39, 0.29) is 28.8 Å². The van der Waals surface area contributed by atoms with Gasteiger partial charge >= 0.3 is 6.61 Å². The standard InChI is InChI=1S/C14H16ClF2NO3/c1-18(7-11(19)8-2-3-8)13(20)10-6-9(15)4-5-12(10)21-14(16)17/h4-6,8,11,14,19H,2-3,7H2,1H3. The Morgan fingerprint density at radius 2 is 2.19 bits per heavy atom. The zero-order valence-electron chi connectivity index (χ0n) is 11.4. The molecule has 116 valence electrons. The highest BCUT2D eigenvalue weighted by atomic mass is 35.5. The molecule has 1 aliphatic rings. The molecule has 1 saturated carbocycles. The summed E-state index contributed by atoms with van der Waals surface area (Å²) in [4.78, 5) is 13.6. The minimum atomic E-state index is -3.03. The summed E-state index contributed by atoms with van der Waals surface area (Å²) in [6.07, 6.45) is 1.29. The molecule has 1 fully saturated rings. The summed E-state index contributed by atoms with van der Waals surface area (Å²) in [6, 6.07) is 3.88. The van der Waals surface area contributed by atoms with Gasteiger partial charge < -0.3 is 14.7 Å². The van der Waals surface area contributed by atoms with Gasteiger partial charge in [0.25, 0.3) is 5.91 Å². The molecule has 0 spiro atoms. The van der Waals surface area contributed by atoms with Gasteiger partial charge in [-0.1, -0.05) is 11.6 Å². The van der Waals surface area contributed by atoms with Crippen molar-refractivity contribution in [3.05, 3.63) is 28.8 Å². The van der Waals surface area contributed by atoms with E-state index in [1.54, 1.807) is 0 Å². The number of aliphatic hydroxyl groups excluding tert-OH is 1. The van der Waals surface area contributed by atoms with E-state index < -0.39 is 18.6 Å². The van der Waals surface area contributed by atoms with E-state index >= 15 is 0 Å². The number of benzene rings is 1. The molecule has 0 aromatic heterocycles. The van der Waals surface area contributed by atoms with Crippen LogP contribution in [0.15, 0.2) is 18.2 Å². The molecule has 21 heavy (non-hydrogen) atoms. The predicted molar refractivity (Wildman–Crippen MR) is 73.8 cm³/mol. The highest BCUT2D eigenvalue weighted by Crippen LogP contribution is 2.33. The van der Waals surface area contributed by atoms with Crippen LogP contribution in [0, 0.1) is 5.92 Å². The Labute approximate surface area is 126 Å². The molecule has 4 nitrogen and oxygen atoms in total. The van der Waals surface area contributed by atoms with Crippen molar-refractivity contribution in [1.82, 2.24) is 4.90 Å². The highest BCUT2D eigenvalue weighted by molar-refractivity contribution is 6.31.